The third kappa shape index (κ3) is 5.28. The molecule has 0 saturated heterocycles. The van der Waals surface area contributed by atoms with E-state index >= 15 is 0 Å². The third-order valence-electron chi connectivity index (χ3n) is 3.61. The van der Waals surface area contributed by atoms with E-state index in [1.54, 1.807) is 36.4 Å². The molecule has 2 aromatic carbocycles. The maximum Gasteiger partial charge on any atom is 0.320 e. The highest BCUT2D eigenvalue weighted by atomic mass is 32.2. The standard InChI is InChI=1S/C17H20N2O5S/c1-24-14-3-2-4-15(10-14)25(22,23)19-11-13-7-5-12(6-8-13)9-16(18)17(20)21/h2-8,10,16,19H,9,11,18H2,1H3,(H,20,21)/t16-/m0/s1. The second-order valence-corrected chi connectivity index (χ2v) is 7.24. The Balaban J connectivity index is 2.01. The van der Waals surface area contributed by atoms with Crippen LogP contribution in [0, 0.1) is 0 Å². The highest BCUT2D eigenvalue weighted by Gasteiger charge is 2.15. The van der Waals surface area contributed by atoms with E-state index in [4.69, 9.17) is 15.6 Å². The number of benzene rings is 2. The Hall–Kier alpha value is -2.42. The van der Waals surface area contributed by atoms with Gasteiger partial charge in [-0.25, -0.2) is 13.1 Å². The van der Waals surface area contributed by atoms with Gasteiger partial charge in [-0.1, -0.05) is 30.3 Å². The van der Waals surface area contributed by atoms with Crippen molar-refractivity contribution in [3.8, 4) is 5.75 Å². The second-order valence-electron chi connectivity index (χ2n) is 5.47. The topological polar surface area (TPSA) is 119 Å². The molecule has 0 amide bonds. The number of hydrogen-bond acceptors (Lipinski definition) is 5. The van der Waals surface area contributed by atoms with Crippen molar-refractivity contribution in [2.45, 2.75) is 23.9 Å². The summed E-state index contributed by atoms with van der Waals surface area (Å²) in [4.78, 5) is 10.9. The summed E-state index contributed by atoms with van der Waals surface area (Å²) in [5.74, 6) is -0.600. The van der Waals surface area contributed by atoms with Gasteiger partial charge in [0.2, 0.25) is 10.0 Å². The Labute approximate surface area is 146 Å². The van der Waals surface area contributed by atoms with E-state index in [2.05, 4.69) is 4.72 Å². The van der Waals surface area contributed by atoms with E-state index in [0.29, 0.717) is 5.75 Å². The molecule has 25 heavy (non-hydrogen) atoms. The van der Waals surface area contributed by atoms with Crippen LogP contribution in [0.3, 0.4) is 0 Å². The lowest BCUT2D eigenvalue weighted by molar-refractivity contribution is -0.138. The molecule has 0 aliphatic heterocycles. The number of ether oxygens (including phenoxy) is 1. The number of nitrogens with one attached hydrogen (secondary N) is 1. The predicted molar refractivity (Wildman–Crippen MR) is 92.8 cm³/mol. The molecule has 2 aromatic rings. The van der Waals surface area contributed by atoms with Gasteiger partial charge in [0.15, 0.2) is 0 Å². The van der Waals surface area contributed by atoms with Crippen LogP contribution in [0.25, 0.3) is 0 Å². The summed E-state index contributed by atoms with van der Waals surface area (Å²) in [7, 11) is -2.19. The Morgan fingerprint density at radius 1 is 1.20 bits per heavy atom. The second kappa shape index (κ2) is 8.11. The van der Waals surface area contributed by atoms with Crippen molar-refractivity contribution in [2.24, 2.45) is 5.73 Å². The van der Waals surface area contributed by atoms with Crippen LogP contribution in [0.4, 0.5) is 0 Å². The van der Waals surface area contributed by atoms with Crippen molar-refractivity contribution in [1.82, 2.24) is 4.72 Å². The molecule has 0 spiro atoms. The molecule has 7 nitrogen and oxygen atoms in total. The molecule has 0 fully saturated rings. The predicted octanol–water partition coefficient (Wildman–Crippen LogP) is 1.13. The quantitative estimate of drug-likeness (QED) is 0.646. The minimum atomic E-state index is -3.66. The largest absolute Gasteiger partial charge is 0.497 e. The summed E-state index contributed by atoms with van der Waals surface area (Å²) < 4.78 is 32.2. The van der Waals surface area contributed by atoms with Crippen LogP contribution in [0.5, 0.6) is 5.75 Å². The fourth-order valence-electron chi connectivity index (χ4n) is 2.16. The highest BCUT2D eigenvalue weighted by Crippen LogP contribution is 2.17. The van der Waals surface area contributed by atoms with Gasteiger partial charge in [-0.05, 0) is 29.7 Å². The van der Waals surface area contributed by atoms with E-state index in [9.17, 15) is 13.2 Å². The Morgan fingerprint density at radius 2 is 1.84 bits per heavy atom. The van der Waals surface area contributed by atoms with Crippen LogP contribution in [-0.4, -0.2) is 32.6 Å². The Bertz CT molecular complexity index is 834. The first kappa shape index (κ1) is 18.9. The molecule has 0 unspecified atom stereocenters. The Morgan fingerprint density at radius 3 is 2.44 bits per heavy atom. The molecule has 0 aliphatic rings. The van der Waals surface area contributed by atoms with E-state index in [-0.39, 0.29) is 17.9 Å². The number of rotatable bonds is 8. The monoisotopic (exact) mass is 364 g/mol. The van der Waals surface area contributed by atoms with Crippen LogP contribution >= 0.6 is 0 Å². The molecule has 8 heteroatoms. The first-order chi connectivity index (χ1) is 11.8. The smallest absolute Gasteiger partial charge is 0.320 e. The zero-order chi connectivity index (χ0) is 18.4. The highest BCUT2D eigenvalue weighted by molar-refractivity contribution is 7.89. The van der Waals surface area contributed by atoms with Gasteiger partial charge in [0.05, 0.1) is 12.0 Å². The molecule has 134 valence electrons. The van der Waals surface area contributed by atoms with Gasteiger partial charge in [-0.2, -0.15) is 0 Å². The van der Waals surface area contributed by atoms with Gasteiger partial charge in [-0.15, -0.1) is 0 Å². The molecule has 0 bridgehead atoms. The molecular weight excluding hydrogens is 344 g/mol. The third-order valence-corrected chi connectivity index (χ3v) is 5.01. The lowest BCUT2D eigenvalue weighted by atomic mass is 10.0. The van der Waals surface area contributed by atoms with Crippen molar-refractivity contribution in [3.63, 3.8) is 0 Å². The summed E-state index contributed by atoms with van der Waals surface area (Å²) in [6.45, 7) is 0.116. The number of aliphatic carboxylic acids is 1. The van der Waals surface area contributed by atoms with Crippen molar-refractivity contribution >= 4 is 16.0 Å². The van der Waals surface area contributed by atoms with Gasteiger partial charge in [0.25, 0.3) is 0 Å². The van der Waals surface area contributed by atoms with Crippen LogP contribution in [0.2, 0.25) is 0 Å². The number of carbonyl (C=O) groups is 1. The van der Waals surface area contributed by atoms with Gasteiger partial charge < -0.3 is 15.6 Å². The molecule has 1 atom stereocenters. The molecular formula is C17H20N2O5S. The first-order valence-electron chi connectivity index (χ1n) is 7.52. The zero-order valence-corrected chi connectivity index (χ0v) is 14.5. The number of carboxylic acids is 1. The number of carboxylic acid groups (broad SMARTS) is 1. The van der Waals surface area contributed by atoms with Gasteiger partial charge >= 0.3 is 5.97 Å². The number of nitrogens with two attached hydrogens (primary N) is 1. The van der Waals surface area contributed by atoms with Crippen LogP contribution in [0.15, 0.2) is 53.4 Å². The van der Waals surface area contributed by atoms with Crippen LogP contribution in [0.1, 0.15) is 11.1 Å². The molecule has 0 saturated carbocycles. The fourth-order valence-corrected chi connectivity index (χ4v) is 3.22. The summed E-state index contributed by atoms with van der Waals surface area (Å²) in [5, 5.41) is 8.81. The van der Waals surface area contributed by atoms with Crippen molar-refractivity contribution in [1.29, 1.82) is 0 Å². The van der Waals surface area contributed by atoms with Crippen molar-refractivity contribution in [3.05, 3.63) is 59.7 Å². The fraction of sp³-hybridized carbons (Fsp3) is 0.235. The number of hydrogen-bond donors (Lipinski definition) is 3. The van der Waals surface area contributed by atoms with E-state index in [1.165, 1.54) is 19.2 Å². The summed E-state index contributed by atoms with van der Waals surface area (Å²) in [5.41, 5.74) is 7.01. The van der Waals surface area contributed by atoms with Crippen LogP contribution < -0.4 is 15.2 Å². The van der Waals surface area contributed by atoms with Gasteiger partial charge in [0, 0.05) is 12.6 Å². The molecule has 0 aromatic heterocycles. The minimum Gasteiger partial charge on any atom is -0.497 e. The van der Waals surface area contributed by atoms with Gasteiger partial charge in [-0.3, -0.25) is 4.79 Å². The van der Waals surface area contributed by atoms with E-state index < -0.39 is 22.0 Å². The summed E-state index contributed by atoms with van der Waals surface area (Å²) in [6, 6.07) is 12.2. The summed E-state index contributed by atoms with van der Waals surface area (Å²) in [6.07, 6.45) is 0.213. The maximum absolute atomic E-state index is 12.3. The first-order valence-corrected chi connectivity index (χ1v) is 9.00. The maximum atomic E-state index is 12.3. The average Bonchev–Trinajstić information content (AvgIpc) is 2.61. The number of methoxy groups -OCH3 is 1. The molecule has 4 N–H and O–H groups in total. The van der Waals surface area contributed by atoms with Crippen LogP contribution in [-0.2, 0) is 27.8 Å². The normalized spacial score (nSPS) is 12.6. The van der Waals surface area contributed by atoms with E-state index in [1.807, 2.05) is 0 Å². The van der Waals surface area contributed by atoms with Crippen molar-refractivity contribution in [2.75, 3.05) is 7.11 Å². The molecule has 2 rings (SSSR count). The van der Waals surface area contributed by atoms with Crippen molar-refractivity contribution < 1.29 is 23.1 Å². The minimum absolute atomic E-state index is 0.116. The zero-order valence-electron chi connectivity index (χ0n) is 13.7. The summed E-state index contributed by atoms with van der Waals surface area (Å²) >= 11 is 0. The lowest BCUT2D eigenvalue weighted by Crippen LogP contribution is -2.32. The van der Waals surface area contributed by atoms with Gasteiger partial charge in [0.1, 0.15) is 11.8 Å². The molecule has 0 radical (unpaired) electrons. The molecule has 0 heterocycles. The molecule has 0 aliphatic carbocycles. The SMILES string of the molecule is COc1cccc(S(=O)(=O)NCc2ccc(C[C@H](N)C(=O)O)cc2)c1. The average molecular weight is 364 g/mol. The number of sulfonamides is 1. The lowest BCUT2D eigenvalue weighted by Gasteiger charge is -2.10. The van der Waals surface area contributed by atoms with E-state index in [0.717, 1.165) is 11.1 Å². The Kier molecular flexibility index (Phi) is 6.13.